The standard InChI is InChI=1S/C19H20FN3O4S/c1-14(24)21-17-4-2-3-15(13-17)19(25)22-9-11-23(12-10-22)28(26,27)18-7-5-16(20)6-8-18/h2-8,13H,9-12H2,1H3,(H,21,24). The Morgan fingerprint density at radius 2 is 1.64 bits per heavy atom. The van der Waals surface area contributed by atoms with E-state index in [0.717, 1.165) is 12.1 Å². The number of hydrogen-bond donors (Lipinski definition) is 1. The largest absolute Gasteiger partial charge is 0.336 e. The summed E-state index contributed by atoms with van der Waals surface area (Å²) in [6.07, 6.45) is 0. The Balaban J connectivity index is 1.67. The van der Waals surface area contributed by atoms with Gasteiger partial charge in [0.05, 0.1) is 4.90 Å². The number of hydrogen-bond acceptors (Lipinski definition) is 4. The molecule has 1 aliphatic heterocycles. The first-order valence-electron chi connectivity index (χ1n) is 8.70. The van der Waals surface area contributed by atoms with Crippen molar-refractivity contribution in [3.05, 3.63) is 59.9 Å². The van der Waals surface area contributed by atoms with Crippen molar-refractivity contribution < 1.29 is 22.4 Å². The van der Waals surface area contributed by atoms with Gasteiger partial charge in [0.15, 0.2) is 0 Å². The van der Waals surface area contributed by atoms with Crippen LogP contribution in [0.2, 0.25) is 0 Å². The van der Waals surface area contributed by atoms with Gasteiger partial charge >= 0.3 is 0 Å². The first kappa shape index (κ1) is 20.0. The topological polar surface area (TPSA) is 86.8 Å². The molecule has 0 saturated carbocycles. The molecular formula is C19H20FN3O4S. The summed E-state index contributed by atoms with van der Waals surface area (Å²) >= 11 is 0. The van der Waals surface area contributed by atoms with Crippen molar-refractivity contribution in [2.24, 2.45) is 0 Å². The first-order valence-corrected chi connectivity index (χ1v) is 10.1. The molecule has 0 aromatic heterocycles. The van der Waals surface area contributed by atoms with E-state index in [1.165, 1.54) is 23.4 Å². The van der Waals surface area contributed by atoms with Crippen LogP contribution in [-0.4, -0.2) is 55.6 Å². The molecule has 7 nitrogen and oxygen atoms in total. The van der Waals surface area contributed by atoms with Crippen LogP contribution < -0.4 is 5.32 Å². The van der Waals surface area contributed by atoms with Crippen molar-refractivity contribution in [3.63, 3.8) is 0 Å². The summed E-state index contributed by atoms with van der Waals surface area (Å²) in [5, 5.41) is 2.63. The van der Waals surface area contributed by atoms with Gasteiger partial charge in [0.25, 0.3) is 5.91 Å². The third-order valence-corrected chi connectivity index (χ3v) is 6.32. The first-order chi connectivity index (χ1) is 13.3. The molecule has 1 heterocycles. The lowest BCUT2D eigenvalue weighted by atomic mass is 10.1. The van der Waals surface area contributed by atoms with Crippen LogP contribution >= 0.6 is 0 Å². The van der Waals surface area contributed by atoms with Gasteiger partial charge in [0.2, 0.25) is 15.9 Å². The Kier molecular flexibility index (Phi) is 5.76. The summed E-state index contributed by atoms with van der Waals surface area (Å²) in [5.41, 5.74) is 0.942. The number of amides is 2. The minimum atomic E-state index is -3.73. The number of halogens is 1. The number of nitrogens with zero attached hydrogens (tertiary/aromatic N) is 2. The average Bonchev–Trinajstić information content (AvgIpc) is 2.67. The van der Waals surface area contributed by atoms with Crippen LogP contribution in [0.3, 0.4) is 0 Å². The van der Waals surface area contributed by atoms with E-state index >= 15 is 0 Å². The van der Waals surface area contributed by atoms with E-state index in [2.05, 4.69) is 5.32 Å². The van der Waals surface area contributed by atoms with Crippen LogP contribution in [0.4, 0.5) is 10.1 Å². The second-order valence-corrected chi connectivity index (χ2v) is 8.35. The van der Waals surface area contributed by atoms with E-state index in [1.807, 2.05) is 0 Å². The number of carbonyl (C=O) groups is 2. The SMILES string of the molecule is CC(=O)Nc1cccc(C(=O)N2CCN(S(=O)(=O)c3ccc(F)cc3)CC2)c1. The third-order valence-electron chi connectivity index (χ3n) is 4.41. The molecule has 0 unspecified atom stereocenters. The number of piperazine rings is 1. The lowest BCUT2D eigenvalue weighted by Gasteiger charge is -2.34. The molecule has 1 fully saturated rings. The smallest absolute Gasteiger partial charge is 0.254 e. The molecule has 28 heavy (non-hydrogen) atoms. The summed E-state index contributed by atoms with van der Waals surface area (Å²) in [5.74, 6) is -0.967. The second-order valence-electron chi connectivity index (χ2n) is 6.41. The summed E-state index contributed by atoms with van der Waals surface area (Å²) in [7, 11) is -3.73. The van der Waals surface area contributed by atoms with Crippen LogP contribution in [0.25, 0.3) is 0 Å². The molecule has 1 saturated heterocycles. The molecule has 148 valence electrons. The molecule has 0 radical (unpaired) electrons. The Labute approximate surface area is 162 Å². The van der Waals surface area contributed by atoms with Crippen LogP contribution in [0, 0.1) is 5.82 Å². The maximum atomic E-state index is 13.0. The molecule has 1 aliphatic rings. The fraction of sp³-hybridized carbons (Fsp3) is 0.263. The highest BCUT2D eigenvalue weighted by molar-refractivity contribution is 7.89. The number of benzene rings is 2. The Hall–Kier alpha value is -2.78. The van der Waals surface area contributed by atoms with Gasteiger partial charge in [0, 0.05) is 44.4 Å². The summed E-state index contributed by atoms with van der Waals surface area (Å²) in [6, 6.07) is 11.3. The predicted molar refractivity (Wildman–Crippen MR) is 102 cm³/mol. The van der Waals surface area contributed by atoms with E-state index in [-0.39, 0.29) is 42.9 Å². The van der Waals surface area contributed by atoms with Crippen molar-refractivity contribution >= 4 is 27.5 Å². The molecule has 0 atom stereocenters. The van der Waals surface area contributed by atoms with Crippen molar-refractivity contribution in [1.82, 2.24) is 9.21 Å². The zero-order chi connectivity index (χ0) is 20.3. The highest BCUT2D eigenvalue weighted by Gasteiger charge is 2.30. The maximum absolute atomic E-state index is 13.0. The molecule has 9 heteroatoms. The Morgan fingerprint density at radius 1 is 1.00 bits per heavy atom. The van der Waals surface area contributed by atoms with E-state index < -0.39 is 15.8 Å². The highest BCUT2D eigenvalue weighted by Crippen LogP contribution is 2.19. The Bertz CT molecular complexity index is 984. The number of sulfonamides is 1. The van der Waals surface area contributed by atoms with Crippen LogP contribution in [-0.2, 0) is 14.8 Å². The lowest BCUT2D eigenvalue weighted by Crippen LogP contribution is -2.50. The molecule has 1 N–H and O–H groups in total. The second kappa shape index (κ2) is 8.07. The van der Waals surface area contributed by atoms with Crippen molar-refractivity contribution in [1.29, 1.82) is 0 Å². The van der Waals surface area contributed by atoms with E-state index in [1.54, 1.807) is 29.2 Å². The van der Waals surface area contributed by atoms with Crippen molar-refractivity contribution in [2.75, 3.05) is 31.5 Å². The average molecular weight is 405 g/mol. The highest BCUT2D eigenvalue weighted by atomic mass is 32.2. The number of nitrogens with one attached hydrogen (secondary N) is 1. The van der Waals surface area contributed by atoms with E-state index in [9.17, 15) is 22.4 Å². The van der Waals surface area contributed by atoms with Gasteiger partial charge in [-0.15, -0.1) is 0 Å². The predicted octanol–water partition coefficient (Wildman–Crippen LogP) is 1.93. The molecule has 0 bridgehead atoms. The van der Waals surface area contributed by atoms with Gasteiger partial charge in [-0.1, -0.05) is 6.07 Å². The van der Waals surface area contributed by atoms with Gasteiger partial charge in [0.1, 0.15) is 5.82 Å². The zero-order valence-electron chi connectivity index (χ0n) is 15.3. The van der Waals surface area contributed by atoms with Crippen LogP contribution in [0.1, 0.15) is 17.3 Å². The minimum absolute atomic E-state index is 0.0247. The quantitative estimate of drug-likeness (QED) is 0.842. The fourth-order valence-electron chi connectivity index (χ4n) is 3.00. The molecular weight excluding hydrogens is 385 g/mol. The molecule has 3 rings (SSSR count). The molecule has 2 aromatic rings. The maximum Gasteiger partial charge on any atom is 0.254 e. The molecule has 2 amide bonds. The molecule has 2 aromatic carbocycles. The van der Waals surface area contributed by atoms with Gasteiger partial charge < -0.3 is 10.2 Å². The van der Waals surface area contributed by atoms with Gasteiger partial charge in [-0.2, -0.15) is 4.31 Å². The monoisotopic (exact) mass is 405 g/mol. The fourth-order valence-corrected chi connectivity index (χ4v) is 4.43. The molecule has 0 spiro atoms. The molecule has 0 aliphatic carbocycles. The lowest BCUT2D eigenvalue weighted by molar-refractivity contribution is -0.114. The summed E-state index contributed by atoms with van der Waals surface area (Å²) in [6.45, 7) is 2.16. The normalized spacial score (nSPS) is 15.3. The number of anilines is 1. The third kappa shape index (κ3) is 4.37. The number of rotatable bonds is 4. The minimum Gasteiger partial charge on any atom is -0.336 e. The van der Waals surface area contributed by atoms with Gasteiger partial charge in [-0.05, 0) is 42.5 Å². The van der Waals surface area contributed by atoms with Crippen LogP contribution in [0.5, 0.6) is 0 Å². The number of carbonyl (C=O) groups excluding carboxylic acids is 2. The Morgan fingerprint density at radius 3 is 2.25 bits per heavy atom. The van der Waals surface area contributed by atoms with E-state index in [0.29, 0.717) is 11.3 Å². The van der Waals surface area contributed by atoms with Crippen molar-refractivity contribution in [3.8, 4) is 0 Å². The van der Waals surface area contributed by atoms with Crippen molar-refractivity contribution in [2.45, 2.75) is 11.8 Å². The summed E-state index contributed by atoms with van der Waals surface area (Å²) < 4.78 is 39.6. The van der Waals surface area contributed by atoms with E-state index in [4.69, 9.17) is 0 Å². The summed E-state index contributed by atoms with van der Waals surface area (Å²) in [4.78, 5) is 25.5. The van der Waals surface area contributed by atoms with Gasteiger partial charge in [-0.25, -0.2) is 12.8 Å². The zero-order valence-corrected chi connectivity index (χ0v) is 16.1. The van der Waals surface area contributed by atoms with Crippen LogP contribution in [0.15, 0.2) is 53.4 Å². The van der Waals surface area contributed by atoms with Gasteiger partial charge in [-0.3, -0.25) is 9.59 Å².